The number of rotatable bonds is 7. The molecule has 1 amide bonds. The summed E-state index contributed by atoms with van der Waals surface area (Å²) >= 11 is 1.27. The van der Waals surface area contributed by atoms with Gasteiger partial charge in [0.15, 0.2) is 0 Å². The largest absolute Gasteiger partial charge is 0.396 e. The van der Waals surface area contributed by atoms with Crippen LogP contribution in [0.25, 0.3) is 10.2 Å². The molecule has 2 heterocycles. The number of anilines is 2. The van der Waals surface area contributed by atoms with E-state index in [1.807, 2.05) is 33.8 Å². The first-order valence-corrected chi connectivity index (χ1v) is 10.3. The van der Waals surface area contributed by atoms with Crippen molar-refractivity contribution >= 4 is 38.1 Å². The summed E-state index contributed by atoms with van der Waals surface area (Å²) in [6, 6.07) is 6.67. The van der Waals surface area contributed by atoms with Crippen LogP contribution in [0.3, 0.4) is 0 Å². The van der Waals surface area contributed by atoms with E-state index in [4.69, 9.17) is 9.94 Å². The lowest BCUT2D eigenvalue weighted by Crippen LogP contribution is -2.25. The molecule has 3 N–H and O–H groups in total. The highest BCUT2D eigenvalue weighted by molar-refractivity contribution is 7.23. The molecule has 6 nitrogen and oxygen atoms in total. The Bertz CT molecular complexity index is 975. The summed E-state index contributed by atoms with van der Waals surface area (Å²) < 4.78 is 14.3. The molecule has 0 radical (unpaired) electrons. The topological polar surface area (TPSA) is 83.5 Å². The number of carbonyl (C=O) groups is 1. The number of aromatic nitrogens is 1. The molecule has 0 aliphatic carbocycles. The number of benzene rings is 1. The van der Waals surface area contributed by atoms with Crippen LogP contribution in [-0.2, 0) is 4.84 Å². The minimum absolute atomic E-state index is 0.0280. The summed E-state index contributed by atoms with van der Waals surface area (Å²) in [6.07, 6.45) is 2.08. The maximum absolute atomic E-state index is 14.3. The summed E-state index contributed by atoms with van der Waals surface area (Å²) in [6.45, 7) is 7.86. The van der Waals surface area contributed by atoms with Crippen LogP contribution in [0, 0.1) is 19.7 Å². The van der Waals surface area contributed by atoms with Crippen molar-refractivity contribution in [2.45, 2.75) is 34.1 Å². The third kappa shape index (κ3) is 5.50. The molecule has 156 valence electrons. The molecule has 1 aromatic carbocycles. The standard InChI is InChI=1S/C19H20FN3O3S.C2H6/c1-11-4-5-14(13(20)10-11)22-19-16(17(25)23-26-9-3-8-24)15-12(2)6-7-21-18(15)27-19;1-2/h4-7,10,22,24H,3,8-9H2,1-2H3,(H,23,25);1-2H3. The van der Waals surface area contributed by atoms with Crippen LogP contribution in [0.4, 0.5) is 15.1 Å². The van der Waals surface area contributed by atoms with E-state index in [0.29, 0.717) is 27.2 Å². The molecule has 0 spiro atoms. The lowest BCUT2D eigenvalue weighted by Gasteiger charge is -2.10. The zero-order valence-corrected chi connectivity index (χ0v) is 17.8. The number of hydrogen-bond donors (Lipinski definition) is 3. The molecular weight excluding hydrogens is 393 g/mol. The van der Waals surface area contributed by atoms with Gasteiger partial charge in [-0.15, -0.1) is 0 Å². The fraction of sp³-hybridized carbons (Fsp3) is 0.333. The van der Waals surface area contributed by atoms with Gasteiger partial charge in [0.2, 0.25) is 0 Å². The van der Waals surface area contributed by atoms with Crippen molar-refractivity contribution in [3.8, 4) is 0 Å². The molecule has 0 fully saturated rings. The first-order valence-electron chi connectivity index (χ1n) is 9.45. The first-order chi connectivity index (χ1) is 14.0. The normalized spacial score (nSPS) is 10.4. The van der Waals surface area contributed by atoms with Crippen molar-refractivity contribution in [1.82, 2.24) is 10.5 Å². The highest BCUT2D eigenvalue weighted by Gasteiger charge is 2.22. The highest BCUT2D eigenvalue weighted by Crippen LogP contribution is 2.38. The Morgan fingerprint density at radius 3 is 2.72 bits per heavy atom. The zero-order valence-electron chi connectivity index (χ0n) is 17.0. The second-order valence-electron chi connectivity index (χ2n) is 6.08. The highest BCUT2D eigenvalue weighted by atomic mass is 32.1. The van der Waals surface area contributed by atoms with Gasteiger partial charge in [-0.05, 0) is 49.6 Å². The first kappa shape index (κ1) is 22.7. The summed E-state index contributed by atoms with van der Waals surface area (Å²) in [5.74, 6) is -0.854. The van der Waals surface area contributed by atoms with Gasteiger partial charge < -0.3 is 10.4 Å². The minimum Gasteiger partial charge on any atom is -0.396 e. The Hall–Kier alpha value is -2.55. The van der Waals surface area contributed by atoms with Crippen LogP contribution in [0.2, 0.25) is 0 Å². The van der Waals surface area contributed by atoms with Crippen molar-refractivity contribution in [3.05, 3.63) is 53.0 Å². The quantitative estimate of drug-likeness (QED) is 0.376. The van der Waals surface area contributed by atoms with Crippen molar-refractivity contribution < 1.29 is 19.1 Å². The molecule has 3 rings (SSSR count). The molecule has 0 saturated carbocycles. The number of hydroxylamine groups is 1. The van der Waals surface area contributed by atoms with Crippen LogP contribution in [0.5, 0.6) is 0 Å². The van der Waals surface area contributed by atoms with Gasteiger partial charge >= 0.3 is 0 Å². The fourth-order valence-corrected chi connectivity index (χ4v) is 3.76. The molecule has 2 aromatic heterocycles. The van der Waals surface area contributed by atoms with Crippen molar-refractivity contribution in [2.75, 3.05) is 18.5 Å². The second kappa shape index (κ2) is 10.8. The number of hydrogen-bond acceptors (Lipinski definition) is 6. The number of thiophene rings is 1. The summed E-state index contributed by atoms with van der Waals surface area (Å²) in [4.78, 5) is 22.8. The fourth-order valence-electron chi connectivity index (χ4n) is 2.63. The van der Waals surface area contributed by atoms with Gasteiger partial charge in [0.05, 0.1) is 17.9 Å². The van der Waals surface area contributed by atoms with Gasteiger partial charge in [-0.2, -0.15) is 0 Å². The van der Waals surface area contributed by atoms with Crippen molar-refractivity contribution in [1.29, 1.82) is 0 Å². The zero-order chi connectivity index (χ0) is 21.4. The van der Waals surface area contributed by atoms with Crippen LogP contribution in [0.15, 0.2) is 30.5 Å². The Labute approximate surface area is 173 Å². The molecule has 0 saturated heterocycles. The average molecular weight is 420 g/mol. The van der Waals surface area contributed by atoms with E-state index in [1.54, 1.807) is 18.3 Å². The predicted molar refractivity (Wildman–Crippen MR) is 115 cm³/mol. The van der Waals surface area contributed by atoms with Crippen molar-refractivity contribution in [3.63, 3.8) is 0 Å². The number of nitrogens with zero attached hydrogens (tertiary/aromatic N) is 1. The van der Waals surface area contributed by atoms with Gasteiger partial charge in [-0.3, -0.25) is 9.63 Å². The van der Waals surface area contributed by atoms with Crippen molar-refractivity contribution in [2.24, 2.45) is 0 Å². The van der Waals surface area contributed by atoms with E-state index < -0.39 is 11.7 Å². The van der Waals surface area contributed by atoms with Gasteiger partial charge in [-0.25, -0.2) is 14.9 Å². The maximum Gasteiger partial charge on any atom is 0.278 e. The van der Waals surface area contributed by atoms with Crippen LogP contribution < -0.4 is 10.8 Å². The monoisotopic (exact) mass is 419 g/mol. The van der Waals surface area contributed by atoms with Gasteiger partial charge in [0, 0.05) is 18.2 Å². The number of pyridine rings is 1. The molecule has 8 heteroatoms. The number of amides is 1. The molecule has 0 aliphatic heterocycles. The van der Waals surface area contributed by atoms with Crippen LogP contribution >= 0.6 is 11.3 Å². The number of aryl methyl sites for hydroxylation is 2. The number of nitrogens with one attached hydrogen (secondary N) is 2. The lowest BCUT2D eigenvalue weighted by atomic mass is 10.1. The molecule has 0 unspecified atom stereocenters. The van der Waals surface area contributed by atoms with E-state index in [1.165, 1.54) is 17.4 Å². The summed E-state index contributed by atoms with van der Waals surface area (Å²) in [5, 5.41) is 13.0. The second-order valence-corrected chi connectivity index (χ2v) is 7.08. The minimum atomic E-state index is -0.453. The number of halogens is 1. The van der Waals surface area contributed by atoms with Gasteiger partial charge in [0.1, 0.15) is 15.6 Å². The SMILES string of the molecule is CC.Cc1ccc(Nc2sc3nccc(C)c3c2C(=O)NOCCCO)c(F)c1. The Kier molecular flexibility index (Phi) is 8.50. The van der Waals surface area contributed by atoms with Gasteiger partial charge in [0.25, 0.3) is 5.91 Å². The molecule has 3 aromatic rings. The lowest BCUT2D eigenvalue weighted by molar-refractivity contribution is 0.0264. The molecule has 0 aliphatic rings. The van der Waals surface area contributed by atoms with Gasteiger partial charge in [-0.1, -0.05) is 31.3 Å². The summed E-state index contributed by atoms with van der Waals surface area (Å²) in [5.41, 5.74) is 4.70. The molecule has 29 heavy (non-hydrogen) atoms. The molecule has 0 bridgehead atoms. The Balaban J connectivity index is 0.00000145. The molecule has 0 atom stereocenters. The van der Waals surface area contributed by atoms with E-state index in [2.05, 4.69) is 15.8 Å². The third-order valence-corrected chi connectivity index (χ3v) is 4.98. The number of aliphatic hydroxyl groups excluding tert-OH is 1. The Morgan fingerprint density at radius 2 is 2.03 bits per heavy atom. The van der Waals surface area contributed by atoms with Crippen LogP contribution in [-0.4, -0.2) is 29.2 Å². The average Bonchev–Trinajstić information content (AvgIpc) is 3.08. The van der Waals surface area contributed by atoms with Crippen LogP contribution in [0.1, 0.15) is 41.8 Å². The number of fused-ring (bicyclic) bond motifs is 1. The third-order valence-electron chi connectivity index (χ3n) is 3.97. The Morgan fingerprint density at radius 1 is 1.28 bits per heavy atom. The smallest absolute Gasteiger partial charge is 0.278 e. The molecular formula is C21H26FN3O3S. The maximum atomic E-state index is 14.3. The summed E-state index contributed by atoms with van der Waals surface area (Å²) in [7, 11) is 0. The van der Waals surface area contributed by atoms with E-state index in [9.17, 15) is 9.18 Å². The number of carbonyl (C=O) groups excluding carboxylic acids is 1. The van der Waals surface area contributed by atoms with E-state index in [0.717, 1.165) is 11.1 Å². The van der Waals surface area contributed by atoms with E-state index >= 15 is 0 Å². The van der Waals surface area contributed by atoms with E-state index in [-0.39, 0.29) is 18.9 Å². The predicted octanol–water partition coefficient (Wildman–Crippen LogP) is 4.87. The number of aliphatic hydroxyl groups is 1.